The number of aryl methyl sites for hydroxylation is 1. The molecule has 2 aromatic rings. The number of nitrogens with one attached hydrogen (secondary N) is 2. The standard InChI is InChI=1S/C19H24BrN5O2S/c20-15-8-10-16(11-9-15)28(26,27)23-19-14-7-6-13(12-14)17(19)4-2-1-3-5-18-21-24-25-22-18/h2,4,8-11,13-14,17,19,23H,1,3,5-7,12H2,(H,21,22,24,25)/b4-2-/t13-,14+,17+,19+/m1/s1. The first-order valence-corrected chi connectivity index (χ1v) is 12.0. The zero-order valence-electron chi connectivity index (χ0n) is 15.5. The number of sulfonamides is 1. The second-order valence-corrected chi connectivity index (χ2v) is 10.3. The van der Waals surface area contributed by atoms with Crippen LogP contribution in [0.25, 0.3) is 0 Å². The molecule has 150 valence electrons. The molecular formula is C19H24BrN5O2S. The Labute approximate surface area is 173 Å². The van der Waals surface area contributed by atoms with E-state index in [4.69, 9.17) is 0 Å². The van der Waals surface area contributed by atoms with E-state index >= 15 is 0 Å². The summed E-state index contributed by atoms with van der Waals surface area (Å²) in [4.78, 5) is 0.321. The Bertz CT molecular complexity index is 914. The molecule has 1 heterocycles. The van der Waals surface area contributed by atoms with Crippen molar-refractivity contribution in [2.24, 2.45) is 17.8 Å². The van der Waals surface area contributed by atoms with E-state index in [0.717, 1.165) is 42.4 Å². The Hall–Kier alpha value is -1.58. The number of H-pyrrole nitrogens is 1. The van der Waals surface area contributed by atoms with Crippen LogP contribution in [0.15, 0.2) is 45.8 Å². The van der Waals surface area contributed by atoms with E-state index in [-0.39, 0.29) is 12.0 Å². The predicted molar refractivity (Wildman–Crippen MR) is 109 cm³/mol. The molecule has 2 aliphatic rings. The van der Waals surface area contributed by atoms with Crippen LogP contribution in [0.5, 0.6) is 0 Å². The molecule has 2 saturated carbocycles. The van der Waals surface area contributed by atoms with Crippen molar-refractivity contribution in [1.82, 2.24) is 25.3 Å². The fourth-order valence-corrected chi connectivity index (χ4v) is 6.18. The van der Waals surface area contributed by atoms with Gasteiger partial charge in [0.2, 0.25) is 10.0 Å². The van der Waals surface area contributed by atoms with Crippen LogP contribution in [-0.2, 0) is 16.4 Å². The van der Waals surface area contributed by atoms with Crippen molar-refractivity contribution >= 4 is 26.0 Å². The highest BCUT2D eigenvalue weighted by atomic mass is 79.9. The van der Waals surface area contributed by atoms with Crippen molar-refractivity contribution in [1.29, 1.82) is 0 Å². The summed E-state index contributed by atoms with van der Waals surface area (Å²) in [5, 5.41) is 13.8. The summed E-state index contributed by atoms with van der Waals surface area (Å²) in [7, 11) is -3.51. The Morgan fingerprint density at radius 2 is 2.00 bits per heavy atom. The Kier molecular flexibility index (Phi) is 5.93. The van der Waals surface area contributed by atoms with E-state index in [1.165, 1.54) is 6.42 Å². The number of benzene rings is 1. The summed E-state index contributed by atoms with van der Waals surface area (Å²) in [5.74, 6) is 2.09. The largest absolute Gasteiger partial charge is 0.243 e. The fourth-order valence-electron chi connectivity index (χ4n) is 4.57. The van der Waals surface area contributed by atoms with Gasteiger partial charge >= 0.3 is 0 Å². The molecule has 2 N–H and O–H groups in total. The predicted octanol–water partition coefficient (Wildman–Crippen LogP) is 3.23. The van der Waals surface area contributed by atoms with Gasteiger partial charge in [0.15, 0.2) is 0 Å². The van der Waals surface area contributed by atoms with Crippen molar-refractivity contribution in [3.63, 3.8) is 0 Å². The van der Waals surface area contributed by atoms with E-state index in [9.17, 15) is 8.42 Å². The highest BCUT2D eigenvalue weighted by molar-refractivity contribution is 9.10. The number of allylic oxidation sites excluding steroid dienone is 1. The van der Waals surface area contributed by atoms with E-state index in [2.05, 4.69) is 53.4 Å². The molecule has 0 spiro atoms. The van der Waals surface area contributed by atoms with Crippen LogP contribution in [0, 0.1) is 17.8 Å². The van der Waals surface area contributed by atoms with Gasteiger partial charge < -0.3 is 0 Å². The lowest BCUT2D eigenvalue weighted by molar-refractivity contribution is 0.320. The van der Waals surface area contributed by atoms with Gasteiger partial charge in [0.1, 0.15) is 5.82 Å². The molecule has 28 heavy (non-hydrogen) atoms. The lowest BCUT2D eigenvalue weighted by Crippen LogP contribution is -2.43. The smallest absolute Gasteiger partial charge is 0.240 e. The monoisotopic (exact) mass is 465 g/mol. The van der Waals surface area contributed by atoms with Crippen molar-refractivity contribution in [3.8, 4) is 0 Å². The van der Waals surface area contributed by atoms with Crippen LogP contribution >= 0.6 is 15.9 Å². The first-order chi connectivity index (χ1) is 13.5. The van der Waals surface area contributed by atoms with Gasteiger partial charge in [0, 0.05) is 16.9 Å². The maximum atomic E-state index is 12.9. The van der Waals surface area contributed by atoms with Gasteiger partial charge in [0.05, 0.1) is 4.90 Å². The first-order valence-electron chi connectivity index (χ1n) is 9.70. The second kappa shape index (κ2) is 8.42. The minimum atomic E-state index is -3.51. The molecule has 0 unspecified atom stereocenters. The molecule has 1 aromatic carbocycles. The maximum Gasteiger partial charge on any atom is 0.240 e. The average molecular weight is 466 g/mol. The summed E-state index contributed by atoms with van der Waals surface area (Å²) in [6.07, 6.45) is 10.6. The molecule has 1 aromatic heterocycles. The number of aromatic amines is 1. The summed E-state index contributed by atoms with van der Waals surface area (Å²) >= 11 is 3.35. The van der Waals surface area contributed by atoms with Gasteiger partial charge in [-0.3, -0.25) is 0 Å². The first kappa shape index (κ1) is 19.7. The van der Waals surface area contributed by atoms with E-state index in [1.54, 1.807) is 24.3 Å². The number of rotatable bonds is 8. The highest BCUT2D eigenvalue weighted by Gasteiger charge is 2.47. The Morgan fingerprint density at radius 1 is 1.21 bits per heavy atom. The van der Waals surface area contributed by atoms with E-state index in [0.29, 0.717) is 16.7 Å². The Balaban J connectivity index is 1.39. The summed E-state index contributed by atoms with van der Waals surface area (Å²) in [6, 6.07) is 6.79. The number of hydrogen-bond donors (Lipinski definition) is 2. The van der Waals surface area contributed by atoms with Crippen LogP contribution < -0.4 is 4.72 Å². The van der Waals surface area contributed by atoms with Gasteiger partial charge in [-0.25, -0.2) is 18.2 Å². The molecule has 0 radical (unpaired) electrons. The molecule has 4 atom stereocenters. The van der Waals surface area contributed by atoms with Crippen LogP contribution in [-0.4, -0.2) is 35.1 Å². The normalized spacial score (nSPS) is 27.0. The number of aromatic nitrogens is 4. The molecule has 9 heteroatoms. The van der Waals surface area contributed by atoms with Gasteiger partial charge in [-0.2, -0.15) is 0 Å². The number of hydrogen-bond acceptors (Lipinski definition) is 5. The summed E-state index contributed by atoms with van der Waals surface area (Å²) in [5.41, 5.74) is 0. The highest BCUT2D eigenvalue weighted by Crippen LogP contribution is 2.49. The third kappa shape index (κ3) is 4.36. The quantitative estimate of drug-likeness (QED) is 0.460. The van der Waals surface area contributed by atoms with E-state index < -0.39 is 10.0 Å². The lowest BCUT2D eigenvalue weighted by Gasteiger charge is -2.29. The van der Waals surface area contributed by atoms with Crippen LogP contribution in [0.4, 0.5) is 0 Å². The van der Waals surface area contributed by atoms with Crippen molar-refractivity contribution < 1.29 is 8.42 Å². The Morgan fingerprint density at radius 3 is 2.75 bits per heavy atom. The fraction of sp³-hybridized carbons (Fsp3) is 0.526. The SMILES string of the molecule is O=S(=O)(N[C@H]1[C@H]2CC[C@H](C2)[C@@H]1/C=C\CCCc1nnn[nH]1)c1ccc(Br)cc1. The van der Waals surface area contributed by atoms with Gasteiger partial charge in [0.25, 0.3) is 0 Å². The maximum absolute atomic E-state index is 12.9. The van der Waals surface area contributed by atoms with Crippen LogP contribution in [0.3, 0.4) is 0 Å². The number of fused-ring (bicyclic) bond motifs is 2. The molecule has 4 rings (SSSR count). The number of tetrazole rings is 1. The molecule has 2 fully saturated rings. The average Bonchev–Trinajstić information content (AvgIpc) is 3.40. The number of nitrogens with zero attached hydrogens (tertiary/aromatic N) is 3. The van der Waals surface area contributed by atoms with Crippen molar-refractivity contribution in [2.45, 2.75) is 49.5 Å². The third-order valence-corrected chi connectivity index (χ3v) is 7.93. The molecule has 0 amide bonds. The topological polar surface area (TPSA) is 101 Å². The molecule has 0 saturated heterocycles. The molecule has 0 aliphatic heterocycles. The number of halogens is 1. The van der Waals surface area contributed by atoms with Crippen LogP contribution in [0.1, 0.15) is 37.9 Å². The number of unbranched alkanes of at least 4 members (excludes halogenated alkanes) is 1. The zero-order chi connectivity index (χ0) is 19.6. The summed E-state index contributed by atoms with van der Waals surface area (Å²) < 4.78 is 29.6. The van der Waals surface area contributed by atoms with E-state index in [1.807, 2.05) is 0 Å². The lowest BCUT2D eigenvalue weighted by atomic mass is 9.84. The van der Waals surface area contributed by atoms with Gasteiger partial charge in [-0.15, -0.1) is 5.10 Å². The molecule has 2 bridgehead atoms. The molecule has 2 aliphatic carbocycles. The second-order valence-electron chi connectivity index (χ2n) is 7.68. The minimum absolute atomic E-state index is 0.0119. The van der Waals surface area contributed by atoms with Crippen molar-refractivity contribution in [2.75, 3.05) is 0 Å². The summed E-state index contributed by atoms with van der Waals surface area (Å²) in [6.45, 7) is 0. The minimum Gasteiger partial charge on any atom is -0.243 e. The third-order valence-electron chi connectivity index (χ3n) is 5.93. The van der Waals surface area contributed by atoms with Crippen LogP contribution in [0.2, 0.25) is 0 Å². The van der Waals surface area contributed by atoms with Crippen molar-refractivity contribution in [3.05, 3.63) is 46.7 Å². The zero-order valence-corrected chi connectivity index (χ0v) is 17.9. The van der Waals surface area contributed by atoms with Gasteiger partial charge in [-0.1, -0.05) is 28.1 Å². The molecular weight excluding hydrogens is 442 g/mol. The molecule has 7 nitrogen and oxygen atoms in total. The van der Waals surface area contributed by atoms with Gasteiger partial charge in [-0.05, 0) is 84.6 Å².